The lowest BCUT2D eigenvalue weighted by atomic mass is 10.2. The van der Waals surface area contributed by atoms with Crippen LogP contribution in [0.25, 0.3) is 0 Å². The Morgan fingerprint density at radius 1 is 1.16 bits per heavy atom. The van der Waals surface area contributed by atoms with Crippen molar-refractivity contribution in [2.75, 3.05) is 4.72 Å². The third kappa shape index (κ3) is 3.15. The molecule has 0 aliphatic heterocycles. The Morgan fingerprint density at radius 2 is 1.89 bits per heavy atom. The molecule has 19 heavy (non-hydrogen) atoms. The summed E-state index contributed by atoms with van der Waals surface area (Å²) in [6.45, 7) is 1.63. The van der Waals surface area contributed by atoms with Gasteiger partial charge in [-0.25, -0.2) is 18.4 Å². The van der Waals surface area contributed by atoms with Crippen molar-refractivity contribution in [3.8, 4) is 0 Å². The summed E-state index contributed by atoms with van der Waals surface area (Å²) in [5, 5.41) is 0.562. The number of anilines is 1. The number of halogens is 2. The van der Waals surface area contributed by atoms with E-state index in [1.807, 2.05) is 0 Å². The molecule has 0 saturated heterocycles. The molecule has 0 spiro atoms. The first-order chi connectivity index (χ1) is 8.90. The Kier molecular flexibility index (Phi) is 3.93. The molecule has 100 valence electrons. The van der Waals surface area contributed by atoms with E-state index in [9.17, 15) is 8.42 Å². The van der Waals surface area contributed by atoms with Gasteiger partial charge in [0.25, 0.3) is 10.0 Å². The van der Waals surface area contributed by atoms with Gasteiger partial charge in [-0.05, 0) is 24.6 Å². The average molecular weight is 318 g/mol. The van der Waals surface area contributed by atoms with Gasteiger partial charge in [0.15, 0.2) is 5.82 Å². The molecule has 8 heteroatoms. The van der Waals surface area contributed by atoms with Gasteiger partial charge in [-0.1, -0.05) is 29.3 Å². The van der Waals surface area contributed by atoms with Gasteiger partial charge in [0.2, 0.25) is 0 Å². The molecule has 0 bridgehead atoms. The summed E-state index contributed by atoms with van der Waals surface area (Å²) in [7, 11) is -3.76. The van der Waals surface area contributed by atoms with Gasteiger partial charge in [0.05, 0.1) is 17.3 Å². The summed E-state index contributed by atoms with van der Waals surface area (Å²) in [6, 6.07) is 4.66. The summed E-state index contributed by atoms with van der Waals surface area (Å²) in [4.78, 5) is 7.66. The van der Waals surface area contributed by atoms with Crippen LogP contribution in [-0.4, -0.2) is 18.4 Å². The largest absolute Gasteiger partial charge is 0.263 e. The lowest BCUT2D eigenvalue weighted by Gasteiger charge is -2.10. The quantitative estimate of drug-likeness (QED) is 0.944. The summed E-state index contributed by atoms with van der Waals surface area (Å²) in [5.74, 6) is 0.0868. The van der Waals surface area contributed by atoms with Gasteiger partial charge in [-0.15, -0.1) is 0 Å². The highest BCUT2D eigenvalue weighted by Crippen LogP contribution is 2.24. The zero-order chi connectivity index (χ0) is 14.0. The van der Waals surface area contributed by atoms with Crippen molar-refractivity contribution in [2.24, 2.45) is 0 Å². The minimum Gasteiger partial charge on any atom is -0.262 e. The molecular weight excluding hydrogens is 309 g/mol. The van der Waals surface area contributed by atoms with Crippen LogP contribution >= 0.6 is 23.2 Å². The lowest BCUT2D eigenvalue weighted by Crippen LogP contribution is -2.15. The highest BCUT2D eigenvalue weighted by molar-refractivity contribution is 7.92. The molecule has 5 nitrogen and oxygen atoms in total. The van der Waals surface area contributed by atoms with E-state index in [1.165, 1.54) is 18.5 Å². The summed E-state index contributed by atoms with van der Waals surface area (Å²) in [5.41, 5.74) is 0.471. The molecule has 0 amide bonds. The van der Waals surface area contributed by atoms with Crippen LogP contribution < -0.4 is 4.72 Å². The van der Waals surface area contributed by atoms with E-state index in [0.717, 1.165) is 0 Å². The number of hydrogen-bond donors (Lipinski definition) is 1. The van der Waals surface area contributed by atoms with Gasteiger partial charge in [-0.3, -0.25) is 4.72 Å². The molecule has 0 saturated carbocycles. The van der Waals surface area contributed by atoms with Crippen LogP contribution in [-0.2, 0) is 10.0 Å². The monoisotopic (exact) mass is 317 g/mol. The molecule has 0 unspecified atom stereocenters. The summed E-state index contributed by atoms with van der Waals surface area (Å²) in [6.07, 6.45) is 2.49. The molecule has 1 heterocycles. The fourth-order valence-corrected chi connectivity index (χ4v) is 3.03. The molecule has 2 rings (SSSR count). The van der Waals surface area contributed by atoms with Crippen LogP contribution in [0.5, 0.6) is 0 Å². The molecule has 0 atom stereocenters. The van der Waals surface area contributed by atoms with Crippen molar-refractivity contribution in [3.05, 3.63) is 46.3 Å². The topological polar surface area (TPSA) is 72.0 Å². The SMILES string of the molecule is Cc1c(Cl)cccc1S(=O)(=O)Nc1cnc(Cl)cn1. The van der Waals surface area contributed by atoms with Crippen molar-refractivity contribution in [2.45, 2.75) is 11.8 Å². The Morgan fingerprint density at radius 3 is 2.53 bits per heavy atom. The number of nitrogens with one attached hydrogen (secondary N) is 1. The molecule has 1 aromatic carbocycles. The molecule has 2 aromatic rings. The minimum atomic E-state index is -3.76. The molecule has 0 fully saturated rings. The van der Waals surface area contributed by atoms with Gasteiger partial charge in [-0.2, -0.15) is 0 Å². The van der Waals surface area contributed by atoms with E-state index < -0.39 is 10.0 Å². The highest BCUT2D eigenvalue weighted by atomic mass is 35.5. The maximum absolute atomic E-state index is 12.2. The second kappa shape index (κ2) is 5.32. The molecule has 0 radical (unpaired) electrons. The number of hydrogen-bond acceptors (Lipinski definition) is 4. The van der Waals surface area contributed by atoms with Crippen molar-refractivity contribution in [1.82, 2.24) is 9.97 Å². The van der Waals surface area contributed by atoms with E-state index in [4.69, 9.17) is 23.2 Å². The Hall–Kier alpha value is -1.37. The second-order valence-electron chi connectivity index (χ2n) is 3.69. The van der Waals surface area contributed by atoms with Crippen LogP contribution in [0.3, 0.4) is 0 Å². The molecule has 0 aliphatic rings. The standard InChI is InChI=1S/C11H9Cl2N3O2S/c1-7-8(12)3-2-4-9(7)19(17,18)16-11-6-14-10(13)5-15-11/h2-6H,1H3,(H,15,16). The normalized spacial score (nSPS) is 11.3. The van der Waals surface area contributed by atoms with Crippen LogP contribution in [0.15, 0.2) is 35.5 Å². The van der Waals surface area contributed by atoms with Crippen molar-refractivity contribution in [3.63, 3.8) is 0 Å². The zero-order valence-electron chi connectivity index (χ0n) is 9.76. The minimum absolute atomic E-state index is 0.0868. The molecular formula is C11H9Cl2N3O2S. The van der Waals surface area contributed by atoms with E-state index in [0.29, 0.717) is 10.6 Å². The van der Waals surface area contributed by atoms with Gasteiger partial charge < -0.3 is 0 Å². The van der Waals surface area contributed by atoms with Crippen molar-refractivity contribution >= 4 is 39.0 Å². The first-order valence-corrected chi connectivity index (χ1v) is 7.39. The number of sulfonamides is 1. The first kappa shape index (κ1) is 14.0. The van der Waals surface area contributed by atoms with Crippen molar-refractivity contribution in [1.29, 1.82) is 0 Å². The van der Waals surface area contributed by atoms with Crippen LogP contribution in [0, 0.1) is 6.92 Å². The zero-order valence-corrected chi connectivity index (χ0v) is 12.1. The smallest absolute Gasteiger partial charge is 0.262 e. The van der Waals surface area contributed by atoms with E-state index in [2.05, 4.69) is 14.7 Å². The fraction of sp³-hybridized carbons (Fsp3) is 0.0909. The Balaban J connectivity index is 2.38. The molecule has 0 aliphatic carbocycles. The Bertz CT molecular complexity index is 702. The summed E-state index contributed by atoms with van der Waals surface area (Å²) < 4.78 is 26.7. The number of nitrogens with zero attached hydrogens (tertiary/aromatic N) is 2. The first-order valence-electron chi connectivity index (χ1n) is 5.15. The predicted octanol–water partition coefficient (Wildman–Crippen LogP) is 2.89. The number of rotatable bonds is 3. The highest BCUT2D eigenvalue weighted by Gasteiger charge is 2.18. The van der Waals surface area contributed by atoms with Crippen LogP contribution in [0.4, 0.5) is 5.82 Å². The Labute approximate surface area is 120 Å². The van der Waals surface area contributed by atoms with Crippen LogP contribution in [0.2, 0.25) is 10.2 Å². The molecule has 1 aromatic heterocycles. The predicted molar refractivity (Wildman–Crippen MR) is 74.0 cm³/mol. The summed E-state index contributed by atoms with van der Waals surface area (Å²) >= 11 is 11.5. The second-order valence-corrected chi connectivity index (χ2v) is 6.14. The van der Waals surface area contributed by atoms with Gasteiger partial charge in [0, 0.05) is 5.02 Å². The number of aromatic nitrogens is 2. The van der Waals surface area contributed by atoms with E-state index in [1.54, 1.807) is 19.1 Å². The van der Waals surface area contributed by atoms with Crippen LogP contribution in [0.1, 0.15) is 5.56 Å². The van der Waals surface area contributed by atoms with E-state index in [-0.39, 0.29) is 15.9 Å². The lowest BCUT2D eigenvalue weighted by molar-refractivity contribution is 0.600. The maximum atomic E-state index is 12.2. The van der Waals surface area contributed by atoms with Gasteiger partial charge in [0.1, 0.15) is 5.15 Å². The van der Waals surface area contributed by atoms with E-state index >= 15 is 0 Å². The van der Waals surface area contributed by atoms with Gasteiger partial charge >= 0.3 is 0 Å². The fourth-order valence-electron chi connectivity index (χ4n) is 1.44. The molecule has 1 N–H and O–H groups in total. The maximum Gasteiger partial charge on any atom is 0.263 e. The third-order valence-electron chi connectivity index (χ3n) is 2.37. The average Bonchev–Trinajstić information content (AvgIpc) is 2.35. The number of benzene rings is 1. The third-order valence-corrected chi connectivity index (χ3v) is 4.47. The van der Waals surface area contributed by atoms with Crippen molar-refractivity contribution < 1.29 is 8.42 Å².